The molecule has 15 heavy (non-hydrogen) atoms. The fraction of sp³-hybridized carbons (Fsp3) is 0.400. The third-order valence-corrected chi connectivity index (χ3v) is 2.23. The first-order valence-corrected chi connectivity index (χ1v) is 4.91. The van der Waals surface area contributed by atoms with E-state index in [1.165, 1.54) is 0 Å². The van der Waals surface area contributed by atoms with Gasteiger partial charge in [0.25, 0.3) is 0 Å². The molecular formula is C10H14ClN3O. The van der Waals surface area contributed by atoms with Crippen LogP contribution in [0.5, 0.6) is 0 Å². The largest absolute Gasteiger partial charge is 0.365 e. The summed E-state index contributed by atoms with van der Waals surface area (Å²) >= 11 is 5.75. The third kappa shape index (κ3) is 3.40. The number of amides is 1. The number of pyridine rings is 1. The lowest BCUT2D eigenvalue weighted by atomic mass is 10.3. The maximum atomic E-state index is 11.4. The van der Waals surface area contributed by atoms with Gasteiger partial charge in [-0.15, -0.1) is 0 Å². The van der Waals surface area contributed by atoms with E-state index in [2.05, 4.69) is 4.98 Å². The molecule has 0 aliphatic rings. The summed E-state index contributed by atoms with van der Waals surface area (Å²) in [5.41, 5.74) is 0.880. The van der Waals surface area contributed by atoms with Gasteiger partial charge in [0, 0.05) is 33.0 Å². The molecule has 4 nitrogen and oxygen atoms in total. The van der Waals surface area contributed by atoms with Crippen molar-refractivity contribution in [2.24, 2.45) is 0 Å². The zero-order chi connectivity index (χ0) is 11.4. The van der Waals surface area contributed by atoms with Gasteiger partial charge < -0.3 is 9.80 Å². The van der Waals surface area contributed by atoms with Gasteiger partial charge in [-0.3, -0.25) is 4.79 Å². The molecule has 0 spiro atoms. The minimum Gasteiger partial charge on any atom is -0.365 e. The van der Waals surface area contributed by atoms with Crippen molar-refractivity contribution in [1.29, 1.82) is 0 Å². The molecule has 0 saturated carbocycles. The first-order valence-electron chi connectivity index (χ1n) is 4.53. The number of halogens is 1. The first-order chi connectivity index (χ1) is 7.00. The number of rotatable bonds is 3. The number of likely N-dealkylation sites (N-methyl/N-ethyl adjacent to an activating group) is 2. The monoisotopic (exact) mass is 227 g/mol. The van der Waals surface area contributed by atoms with E-state index in [0.717, 1.165) is 5.69 Å². The van der Waals surface area contributed by atoms with Crippen LogP contribution in [0.4, 0.5) is 5.69 Å². The van der Waals surface area contributed by atoms with Crippen LogP contribution in [-0.2, 0) is 4.79 Å². The summed E-state index contributed by atoms with van der Waals surface area (Å²) in [6.07, 6.45) is 1.62. The Kier molecular flexibility index (Phi) is 3.91. The van der Waals surface area contributed by atoms with Crippen molar-refractivity contribution in [3.8, 4) is 0 Å². The van der Waals surface area contributed by atoms with E-state index in [4.69, 9.17) is 11.6 Å². The number of nitrogens with zero attached hydrogens (tertiary/aromatic N) is 3. The van der Waals surface area contributed by atoms with Crippen molar-refractivity contribution in [2.45, 2.75) is 0 Å². The van der Waals surface area contributed by atoms with Crippen LogP contribution in [0.1, 0.15) is 0 Å². The molecule has 1 aromatic heterocycles. The number of carbonyl (C=O) groups is 1. The molecule has 0 aromatic carbocycles. The fourth-order valence-electron chi connectivity index (χ4n) is 1.07. The van der Waals surface area contributed by atoms with Gasteiger partial charge in [0.15, 0.2) is 0 Å². The number of aromatic nitrogens is 1. The van der Waals surface area contributed by atoms with Crippen LogP contribution in [0.15, 0.2) is 18.3 Å². The molecule has 0 aliphatic carbocycles. The highest BCUT2D eigenvalue weighted by atomic mass is 35.5. The Morgan fingerprint density at radius 2 is 2.13 bits per heavy atom. The lowest BCUT2D eigenvalue weighted by Gasteiger charge is -2.20. The summed E-state index contributed by atoms with van der Waals surface area (Å²) in [4.78, 5) is 18.7. The van der Waals surface area contributed by atoms with Crippen LogP contribution in [0.2, 0.25) is 5.15 Å². The van der Waals surface area contributed by atoms with Crippen molar-refractivity contribution in [3.05, 3.63) is 23.5 Å². The summed E-state index contributed by atoms with van der Waals surface area (Å²) in [6.45, 7) is 0.327. The zero-order valence-corrected chi connectivity index (χ0v) is 9.82. The summed E-state index contributed by atoms with van der Waals surface area (Å²) in [6, 6.07) is 3.54. The smallest absolute Gasteiger partial charge is 0.241 e. The zero-order valence-electron chi connectivity index (χ0n) is 9.07. The van der Waals surface area contributed by atoms with Crippen LogP contribution in [0, 0.1) is 0 Å². The van der Waals surface area contributed by atoms with Crippen LogP contribution in [0.25, 0.3) is 0 Å². The van der Waals surface area contributed by atoms with E-state index in [-0.39, 0.29) is 5.91 Å². The van der Waals surface area contributed by atoms with E-state index in [9.17, 15) is 4.79 Å². The van der Waals surface area contributed by atoms with Crippen LogP contribution in [-0.4, -0.2) is 43.5 Å². The molecule has 0 fully saturated rings. The van der Waals surface area contributed by atoms with Crippen LogP contribution >= 0.6 is 11.6 Å². The van der Waals surface area contributed by atoms with Gasteiger partial charge in [-0.05, 0) is 12.1 Å². The van der Waals surface area contributed by atoms with Gasteiger partial charge in [-0.25, -0.2) is 4.98 Å². The molecule has 0 N–H and O–H groups in total. The maximum absolute atomic E-state index is 11.4. The first kappa shape index (κ1) is 11.8. The average molecular weight is 228 g/mol. The normalized spacial score (nSPS) is 9.87. The molecule has 1 aromatic rings. The van der Waals surface area contributed by atoms with Crippen molar-refractivity contribution in [2.75, 3.05) is 32.6 Å². The Hall–Kier alpha value is -1.29. The predicted molar refractivity (Wildman–Crippen MR) is 61.2 cm³/mol. The second-order valence-corrected chi connectivity index (χ2v) is 3.87. The minimum atomic E-state index is 0.0467. The number of hydrogen-bond donors (Lipinski definition) is 0. The molecular weight excluding hydrogens is 214 g/mol. The molecule has 1 amide bonds. The van der Waals surface area contributed by atoms with Gasteiger partial charge in [-0.1, -0.05) is 11.6 Å². The summed E-state index contributed by atoms with van der Waals surface area (Å²) in [5.74, 6) is 0.0467. The Labute approximate surface area is 94.5 Å². The quantitative estimate of drug-likeness (QED) is 0.730. The van der Waals surface area contributed by atoms with Crippen molar-refractivity contribution >= 4 is 23.2 Å². The van der Waals surface area contributed by atoms with Gasteiger partial charge in [0.2, 0.25) is 5.91 Å². The van der Waals surface area contributed by atoms with Gasteiger partial charge in [0.1, 0.15) is 5.15 Å². The molecule has 0 bridgehead atoms. The molecule has 0 atom stereocenters. The van der Waals surface area contributed by atoms with Crippen LogP contribution < -0.4 is 4.90 Å². The molecule has 82 valence electrons. The second-order valence-electron chi connectivity index (χ2n) is 3.48. The summed E-state index contributed by atoms with van der Waals surface area (Å²) in [5, 5.41) is 0.427. The van der Waals surface area contributed by atoms with Crippen molar-refractivity contribution < 1.29 is 4.79 Å². The SMILES string of the molecule is CN(C)C(=O)CN(C)c1ccnc(Cl)c1. The number of anilines is 1. The Morgan fingerprint density at radius 1 is 1.47 bits per heavy atom. The molecule has 0 unspecified atom stereocenters. The highest BCUT2D eigenvalue weighted by Crippen LogP contribution is 2.15. The Balaban J connectivity index is 2.69. The van der Waals surface area contributed by atoms with E-state index < -0.39 is 0 Å². The Bertz CT molecular complexity index is 354. The van der Waals surface area contributed by atoms with Crippen molar-refractivity contribution in [1.82, 2.24) is 9.88 Å². The van der Waals surface area contributed by atoms with E-state index in [0.29, 0.717) is 11.7 Å². The Morgan fingerprint density at radius 3 is 2.67 bits per heavy atom. The van der Waals surface area contributed by atoms with Crippen LogP contribution in [0.3, 0.4) is 0 Å². The second kappa shape index (κ2) is 4.98. The number of hydrogen-bond acceptors (Lipinski definition) is 3. The van der Waals surface area contributed by atoms with E-state index in [1.54, 1.807) is 31.3 Å². The molecule has 5 heteroatoms. The number of carbonyl (C=O) groups excluding carboxylic acids is 1. The molecule has 0 aliphatic heterocycles. The van der Waals surface area contributed by atoms with E-state index in [1.807, 2.05) is 18.0 Å². The highest BCUT2D eigenvalue weighted by molar-refractivity contribution is 6.29. The van der Waals surface area contributed by atoms with Gasteiger partial charge in [-0.2, -0.15) is 0 Å². The van der Waals surface area contributed by atoms with Crippen molar-refractivity contribution in [3.63, 3.8) is 0 Å². The predicted octanol–water partition coefficient (Wildman–Crippen LogP) is 1.26. The lowest BCUT2D eigenvalue weighted by Crippen LogP contribution is -2.34. The average Bonchev–Trinajstić information content (AvgIpc) is 2.17. The topological polar surface area (TPSA) is 36.4 Å². The van der Waals surface area contributed by atoms with E-state index >= 15 is 0 Å². The molecule has 0 saturated heterocycles. The fourth-order valence-corrected chi connectivity index (χ4v) is 1.23. The van der Waals surface area contributed by atoms with Gasteiger partial charge >= 0.3 is 0 Å². The molecule has 1 rings (SSSR count). The third-order valence-electron chi connectivity index (χ3n) is 2.02. The standard InChI is InChI=1S/C10H14ClN3O/c1-13(2)10(15)7-14(3)8-4-5-12-9(11)6-8/h4-6H,7H2,1-3H3. The summed E-state index contributed by atoms with van der Waals surface area (Å²) in [7, 11) is 5.30. The van der Waals surface area contributed by atoms with Gasteiger partial charge in [0.05, 0.1) is 6.54 Å². The molecule has 1 heterocycles. The minimum absolute atomic E-state index is 0.0467. The lowest BCUT2D eigenvalue weighted by molar-refractivity contribution is -0.127. The maximum Gasteiger partial charge on any atom is 0.241 e. The highest BCUT2D eigenvalue weighted by Gasteiger charge is 2.09. The summed E-state index contributed by atoms with van der Waals surface area (Å²) < 4.78 is 0. The molecule has 0 radical (unpaired) electrons.